The zero-order chi connectivity index (χ0) is 84.6. The molecule has 0 radical (unpaired) electrons. The van der Waals surface area contributed by atoms with Gasteiger partial charge < -0.3 is 122 Å². The van der Waals surface area contributed by atoms with Crippen molar-refractivity contribution in [2.45, 2.75) is 258 Å². The van der Waals surface area contributed by atoms with Crippen LogP contribution in [0.3, 0.4) is 0 Å². The van der Waals surface area contributed by atoms with Crippen LogP contribution in [0.2, 0.25) is 0 Å². The first-order chi connectivity index (χ1) is 53.3. The van der Waals surface area contributed by atoms with Gasteiger partial charge in [0.05, 0.1) is 89.0 Å². The Hall–Kier alpha value is -1.10. The number of carbonyl (C=O) groups is 15. The van der Waals surface area contributed by atoms with Gasteiger partial charge in [-0.3, -0.25) is 90.8 Å². The standard InChI is InChI=1S/C36H56O18.C36H53O15.3CH4P.CH3.4K/c1-2-36(24-52-30(43)12-6-3-9-21-49-33(46)18-15-27(37)38,25-53-31(44)13-7-4-10-22-50-34(47)19-16-28(39)40)26-54-32(45)14-8-5-11-23-51-35(48)20-17-29(41)42;1-2-36(27-49-33(43)15-6-3-9-24-46-30(40)18-12-21-37,28-50-34(44)16-7-4-10-25-47-31(41)19-13-22-38)29-51-35(45)17-8-5-11-26-48-32(42)20-14-23-39;3*1-2;;;;;/h2-26H2,1H3,(H,37,38)(H,39,40)(H,41,42);2-20,24-29H2,1H3;3*2H,1H3;1H3;;;;/q;-3;4*-1;4*+1. The van der Waals surface area contributed by atoms with Crippen LogP contribution in [-0.4, -0.2) is 223 Å². The summed E-state index contributed by atoms with van der Waals surface area (Å²) in [5, 5.41) is 25.8. The molecule has 0 atom stereocenters. The van der Waals surface area contributed by atoms with Crippen LogP contribution in [0.5, 0.6) is 0 Å². The van der Waals surface area contributed by atoms with Crippen molar-refractivity contribution >= 4 is 136 Å². The van der Waals surface area contributed by atoms with Gasteiger partial charge in [-0.1, -0.05) is 13.8 Å². The summed E-state index contributed by atoms with van der Waals surface area (Å²) >= 11 is 0. The van der Waals surface area contributed by atoms with Gasteiger partial charge >= 0.3 is 295 Å². The Balaban J connectivity index is -0.000000219. The molecule has 0 aromatic rings. The van der Waals surface area contributed by atoms with Gasteiger partial charge in [0.1, 0.15) is 39.6 Å². The van der Waals surface area contributed by atoms with E-state index in [-0.39, 0.29) is 408 Å². The Bertz CT molecular complexity index is 2380. The van der Waals surface area contributed by atoms with Crippen LogP contribution in [0.1, 0.15) is 258 Å². The van der Waals surface area contributed by atoms with Gasteiger partial charge in [0, 0.05) is 57.8 Å². The largest absolute Gasteiger partial charge is 1.00 e. The SMILES string of the molecule is CCC(COC(=O)CCCCCOC(=O)CCC(=O)O)(COC(=O)CCCCCOC(=O)CCC(=O)O)COC(=O)CCCCCOC(=O)CCC(=O)O.CCC(COC(=O)CCCCCOC(=O)CC[C-]=O)(COC(=O)CCCCCOC(=O)CC[C-]=O)COC(=O)CCCCCOC(=O)CC[C-]=O.C[PH-].C[PH-].C[PH-].[CH3-].[K+].[K+].[K+].[K+]. The second-order valence-corrected chi connectivity index (χ2v) is 24.5. The third kappa shape index (κ3) is 95.1. The molecule has 648 valence electrons. The van der Waals surface area contributed by atoms with E-state index in [9.17, 15) is 86.3 Å². The van der Waals surface area contributed by atoms with Crippen LogP contribution in [0.4, 0.5) is 0 Å². The van der Waals surface area contributed by atoms with E-state index < -0.39 is 100 Å². The normalized spacial score (nSPS) is 9.93. The molecule has 40 heteroatoms. The molecule has 0 amide bonds. The second kappa shape index (κ2) is 99.3. The van der Waals surface area contributed by atoms with Crippen LogP contribution in [-0.2, 0) is 143 Å². The number of esters is 12. The molecule has 0 saturated heterocycles. The first-order valence-corrected chi connectivity index (χ1v) is 40.4. The Labute approximate surface area is 862 Å². The molecule has 0 saturated carbocycles. The molecule has 116 heavy (non-hydrogen) atoms. The molecule has 0 bridgehead atoms. The summed E-state index contributed by atoms with van der Waals surface area (Å²) in [6.45, 7) is 8.69. The summed E-state index contributed by atoms with van der Waals surface area (Å²) in [5.41, 5.74) is -2.03. The molecule has 0 spiro atoms. The van der Waals surface area contributed by atoms with Crippen molar-refractivity contribution in [1.29, 1.82) is 0 Å². The number of unbranched alkanes of at least 4 members (excludes halogenated alkanes) is 12. The van der Waals surface area contributed by atoms with E-state index in [4.69, 9.17) is 72.2 Å². The molecule has 0 rings (SSSR count). The van der Waals surface area contributed by atoms with Gasteiger partial charge in [-0.25, -0.2) is 0 Å². The van der Waals surface area contributed by atoms with Crippen molar-refractivity contribution in [3.63, 3.8) is 0 Å². The number of rotatable bonds is 68. The molecule has 0 aromatic heterocycles. The van der Waals surface area contributed by atoms with Crippen molar-refractivity contribution in [3.8, 4) is 0 Å². The third-order valence-corrected chi connectivity index (χ3v) is 15.4. The van der Waals surface area contributed by atoms with Crippen molar-refractivity contribution in [2.75, 3.05) is 99.3 Å². The van der Waals surface area contributed by atoms with E-state index in [0.717, 1.165) is 0 Å². The maximum absolute atomic E-state index is 12.6. The number of aliphatic carboxylic acids is 3. The Kier molecular flexibility index (Phi) is 116. The number of ether oxygens (including phenoxy) is 12. The first-order valence-electron chi connectivity index (χ1n) is 37.4. The summed E-state index contributed by atoms with van der Waals surface area (Å²) in [7, 11) is 8.92. The predicted molar refractivity (Wildman–Crippen MR) is 412 cm³/mol. The molecule has 0 aliphatic carbocycles. The molecule has 0 heterocycles. The molecular weight excluding hydrogens is 1690 g/mol. The maximum Gasteiger partial charge on any atom is 1.00 e. The van der Waals surface area contributed by atoms with E-state index in [1.54, 1.807) is 52.7 Å². The van der Waals surface area contributed by atoms with E-state index in [2.05, 4.69) is 27.7 Å². The van der Waals surface area contributed by atoms with Crippen molar-refractivity contribution in [3.05, 3.63) is 7.43 Å². The second-order valence-electron chi connectivity index (χ2n) is 24.5. The van der Waals surface area contributed by atoms with Gasteiger partial charge in [-0.05, 0) is 128 Å². The molecule has 0 fully saturated rings. The van der Waals surface area contributed by atoms with Crippen LogP contribution < -0.4 is 206 Å². The van der Waals surface area contributed by atoms with Gasteiger partial charge in [-0.15, -0.1) is 19.3 Å². The molecular formula is C76H124K4O33P3-3. The summed E-state index contributed by atoms with van der Waals surface area (Å²) in [4.78, 5) is 206. The fourth-order valence-corrected chi connectivity index (χ4v) is 8.62. The molecule has 0 aliphatic heterocycles. The van der Waals surface area contributed by atoms with Crippen LogP contribution in [0.15, 0.2) is 0 Å². The molecule has 33 nitrogen and oxygen atoms in total. The number of carbonyl (C=O) groups excluding carboxylic acids is 15. The van der Waals surface area contributed by atoms with E-state index >= 15 is 0 Å². The van der Waals surface area contributed by atoms with Gasteiger partial charge in [0.2, 0.25) is 0 Å². The minimum Gasteiger partial charge on any atom is -0.562 e. The average Bonchev–Trinajstić information content (AvgIpc) is 0.869. The first kappa shape index (κ1) is 135. The minimum atomic E-state index is -1.10. The average molecular weight is 1820 g/mol. The maximum atomic E-state index is 12.6. The van der Waals surface area contributed by atoms with Crippen LogP contribution >= 0.6 is 27.7 Å². The van der Waals surface area contributed by atoms with Crippen molar-refractivity contribution in [1.82, 2.24) is 0 Å². The molecule has 0 aromatic carbocycles. The topological polar surface area (TPSA) is 479 Å². The summed E-state index contributed by atoms with van der Waals surface area (Å²) in [6.07, 6.45) is 13.4. The fourth-order valence-electron chi connectivity index (χ4n) is 8.62. The predicted octanol–water partition coefficient (Wildman–Crippen LogP) is -1.35. The number of carboxylic acids is 3. The number of carboxylic acid groups (broad SMARTS) is 3. The van der Waals surface area contributed by atoms with E-state index in [0.29, 0.717) is 128 Å². The number of hydrogen-bond donors (Lipinski definition) is 3. The summed E-state index contributed by atoms with van der Waals surface area (Å²) < 4.78 is 62.9. The zero-order valence-electron chi connectivity index (χ0n) is 70.4. The smallest absolute Gasteiger partial charge is 0.562 e. The van der Waals surface area contributed by atoms with Crippen molar-refractivity contribution in [2.24, 2.45) is 10.8 Å². The molecule has 0 aliphatic rings. The quantitative estimate of drug-likeness (QED) is 0.0158. The fraction of sp³-hybridized carbons (Fsp3) is 0.750. The van der Waals surface area contributed by atoms with Crippen molar-refractivity contribution < 1.29 is 364 Å². The van der Waals surface area contributed by atoms with E-state index in [1.165, 1.54) is 0 Å². The summed E-state index contributed by atoms with van der Waals surface area (Å²) in [5.74, 6) is -9.64. The summed E-state index contributed by atoms with van der Waals surface area (Å²) in [6, 6.07) is 0. The number of hydrogen-bond acceptors (Lipinski definition) is 30. The van der Waals surface area contributed by atoms with E-state index in [1.807, 2.05) is 0 Å². The Morgan fingerprint density at radius 2 is 0.379 bits per heavy atom. The van der Waals surface area contributed by atoms with Gasteiger partial charge in [0.25, 0.3) is 0 Å². The molecule has 0 unspecified atom stereocenters. The Morgan fingerprint density at radius 1 is 0.233 bits per heavy atom. The minimum absolute atomic E-state index is 0. The third-order valence-electron chi connectivity index (χ3n) is 15.4. The van der Waals surface area contributed by atoms with Crippen LogP contribution in [0.25, 0.3) is 0 Å². The van der Waals surface area contributed by atoms with Gasteiger partial charge in [0.15, 0.2) is 0 Å². The van der Waals surface area contributed by atoms with Crippen LogP contribution in [0, 0.1) is 18.3 Å². The van der Waals surface area contributed by atoms with Gasteiger partial charge in [-0.2, -0.15) is 20.0 Å². The molecule has 3 N–H and O–H groups in total. The Morgan fingerprint density at radius 3 is 0.517 bits per heavy atom. The zero-order valence-corrected chi connectivity index (χ0v) is 85.9. The monoisotopic (exact) mass is 1810 g/mol.